The summed E-state index contributed by atoms with van der Waals surface area (Å²) < 4.78 is 9.08. The van der Waals surface area contributed by atoms with E-state index < -0.39 is 0 Å². The summed E-state index contributed by atoms with van der Waals surface area (Å²) in [5.41, 5.74) is 3.01. The van der Waals surface area contributed by atoms with E-state index in [9.17, 15) is 0 Å². The predicted octanol–water partition coefficient (Wildman–Crippen LogP) is 10.9. The molecule has 0 nitrogen and oxygen atoms in total. The summed E-state index contributed by atoms with van der Waals surface area (Å²) in [6.07, 6.45) is 12.9. The number of hydrogen-bond donors (Lipinski definition) is 0. The molecule has 0 unspecified atom stereocenters. The molecule has 0 aliphatic carbocycles. The standard InChI is InChI=1S/C40H42B2S3/c1-3-5-7-13-25-41(33-23-15-19-29-17-9-11-21-31(29)33)37-27-35-39(44-37)40-36(43-35)28-38(45-40)42(26-14-8-6-4-2)34-24-16-20-30-18-10-12-22-32(30)34/h9-12,15-24,27-28H,3-8,13-14,25-26H2,1-2H3. The Morgan fingerprint density at radius 3 is 1.38 bits per heavy atom. The molecule has 0 bridgehead atoms. The minimum atomic E-state index is 0.453. The smallest absolute Gasteiger partial charge is 0.147 e. The summed E-state index contributed by atoms with van der Waals surface area (Å²) in [7, 11) is 0. The third-order valence-corrected chi connectivity index (χ3v) is 13.6. The van der Waals surface area contributed by atoms with Gasteiger partial charge in [-0.1, -0.05) is 174 Å². The Balaban J connectivity index is 1.28. The first-order valence-corrected chi connectivity index (χ1v) is 19.6. The summed E-state index contributed by atoms with van der Waals surface area (Å²) >= 11 is 6.18. The van der Waals surface area contributed by atoms with Crippen LogP contribution in [0.15, 0.2) is 97.1 Å². The summed E-state index contributed by atoms with van der Waals surface area (Å²) in [5.74, 6) is 0. The molecule has 0 atom stereocenters. The van der Waals surface area contributed by atoms with E-state index in [0.717, 1.165) is 0 Å². The molecule has 5 heteroatoms. The minimum absolute atomic E-state index is 0.453. The van der Waals surface area contributed by atoms with Gasteiger partial charge in [-0.3, -0.25) is 0 Å². The normalized spacial score (nSPS) is 11.8. The second-order valence-electron chi connectivity index (χ2n) is 12.7. The number of rotatable bonds is 14. The first-order chi connectivity index (χ1) is 22.2. The van der Waals surface area contributed by atoms with Crippen LogP contribution in [0.5, 0.6) is 0 Å². The first-order valence-electron chi connectivity index (χ1n) is 17.2. The van der Waals surface area contributed by atoms with Gasteiger partial charge in [0.25, 0.3) is 0 Å². The molecule has 0 N–H and O–H groups in total. The molecule has 7 aromatic rings. The van der Waals surface area contributed by atoms with Crippen LogP contribution in [-0.2, 0) is 0 Å². The van der Waals surface area contributed by atoms with Gasteiger partial charge in [-0.2, -0.15) is 0 Å². The lowest BCUT2D eigenvalue weighted by atomic mass is 9.40. The average molecular weight is 641 g/mol. The Morgan fingerprint density at radius 2 is 0.911 bits per heavy atom. The third-order valence-electron chi connectivity index (χ3n) is 9.64. The van der Waals surface area contributed by atoms with Crippen molar-refractivity contribution >= 4 is 108 Å². The third kappa shape index (κ3) is 6.42. The lowest BCUT2D eigenvalue weighted by Gasteiger charge is -2.15. The fourth-order valence-electron chi connectivity index (χ4n) is 7.28. The van der Waals surface area contributed by atoms with E-state index >= 15 is 0 Å². The summed E-state index contributed by atoms with van der Waals surface area (Å²) in [4.78, 5) is 0. The number of thiophene rings is 3. The van der Waals surface area contributed by atoms with E-state index in [1.54, 1.807) is 9.55 Å². The van der Waals surface area contributed by atoms with Crippen LogP contribution in [0.2, 0.25) is 12.6 Å². The molecule has 45 heavy (non-hydrogen) atoms. The fourth-order valence-corrected chi connectivity index (χ4v) is 11.6. The molecule has 0 fully saturated rings. The zero-order valence-corrected chi connectivity index (χ0v) is 29.1. The van der Waals surface area contributed by atoms with Crippen molar-refractivity contribution in [3.63, 3.8) is 0 Å². The van der Waals surface area contributed by atoms with Gasteiger partial charge >= 0.3 is 0 Å². The van der Waals surface area contributed by atoms with E-state index in [1.165, 1.54) is 115 Å². The van der Waals surface area contributed by atoms with Gasteiger partial charge in [0.15, 0.2) is 0 Å². The highest BCUT2D eigenvalue weighted by molar-refractivity contribution is 7.44. The minimum Gasteiger partial charge on any atom is -0.147 e. The molecule has 0 radical (unpaired) electrons. The van der Waals surface area contributed by atoms with Crippen LogP contribution >= 0.6 is 34.0 Å². The molecule has 3 heterocycles. The van der Waals surface area contributed by atoms with Crippen LogP contribution in [0, 0.1) is 0 Å². The molecule has 0 aliphatic heterocycles. The van der Waals surface area contributed by atoms with Crippen molar-refractivity contribution in [2.24, 2.45) is 0 Å². The maximum absolute atomic E-state index is 2.55. The predicted molar refractivity (Wildman–Crippen MR) is 211 cm³/mol. The van der Waals surface area contributed by atoms with Gasteiger partial charge in [0.1, 0.15) is 0 Å². The Labute approximate surface area is 281 Å². The van der Waals surface area contributed by atoms with Crippen LogP contribution in [0.1, 0.15) is 65.2 Å². The van der Waals surface area contributed by atoms with Crippen molar-refractivity contribution in [2.45, 2.75) is 77.9 Å². The SMILES string of the molecule is CCCCCCB(c1cc2sc3cc(B(CCCCCC)c4cccc5ccccc45)sc3c2s1)c1cccc2ccccc12. The van der Waals surface area contributed by atoms with Crippen molar-refractivity contribution in [2.75, 3.05) is 0 Å². The molecule has 7 rings (SSSR count). The number of unbranched alkanes of at least 4 members (excludes halogenated alkanes) is 6. The van der Waals surface area contributed by atoms with Crippen LogP contribution in [0.3, 0.4) is 0 Å². The van der Waals surface area contributed by atoms with E-state index in [4.69, 9.17) is 0 Å². The maximum Gasteiger partial charge on any atom is 0.223 e. The van der Waals surface area contributed by atoms with Gasteiger partial charge in [-0.25, -0.2) is 0 Å². The molecule has 226 valence electrons. The zero-order chi connectivity index (χ0) is 30.6. The monoisotopic (exact) mass is 640 g/mol. The second-order valence-corrected chi connectivity index (χ2v) is 16.0. The lowest BCUT2D eigenvalue weighted by Crippen LogP contribution is -2.40. The van der Waals surface area contributed by atoms with Gasteiger partial charge in [-0.05, 0) is 43.2 Å². The van der Waals surface area contributed by atoms with Gasteiger partial charge in [0.2, 0.25) is 13.4 Å². The quantitative estimate of drug-likeness (QED) is 0.0820. The Hall–Kier alpha value is -2.85. The average Bonchev–Trinajstić information content (AvgIpc) is 3.76. The van der Waals surface area contributed by atoms with E-state index in [1.807, 2.05) is 11.3 Å². The molecular formula is C40H42B2S3. The molecule has 0 saturated carbocycles. The van der Waals surface area contributed by atoms with Crippen molar-refractivity contribution in [3.8, 4) is 0 Å². The molecule has 3 aromatic heterocycles. The number of benzene rings is 4. The van der Waals surface area contributed by atoms with Crippen molar-refractivity contribution in [3.05, 3.63) is 97.1 Å². The van der Waals surface area contributed by atoms with E-state index in [2.05, 4.69) is 134 Å². The van der Waals surface area contributed by atoms with Gasteiger partial charge in [-0.15, -0.1) is 34.0 Å². The van der Waals surface area contributed by atoms with Crippen molar-refractivity contribution in [1.29, 1.82) is 0 Å². The fraction of sp³-hybridized carbons (Fsp3) is 0.300. The Morgan fingerprint density at radius 1 is 0.467 bits per heavy atom. The molecule has 0 spiro atoms. The van der Waals surface area contributed by atoms with E-state index in [0.29, 0.717) is 13.4 Å². The summed E-state index contributed by atoms with van der Waals surface area (Å²) in [6.45, 7) is 5.53. The largest absolute Gasteiger partial charge is 0.223 e. The van der Waals surface area contributed by atoms with Crippen molar-refractivity contribution < 1.29 is 0 Å². The first kappa shape index (κ1) is 30.8. The Bertz CT molecular complexity index is 1880. The summed E-state index contributed by atoms with van der Waals surface area (Å²) in [5, 5.41) is 5.55. The number of hydrogen-bond acceptors (Lipinski definition) is 3. The molecule has 4 aromatic carbocycles. The van der Waals surface area contributed by atoms with Gasteiger partial charge < -0.3 is 0 Å². The van der Waals surface area contributed by atoms with Crippen LogP contribution in [0.4, 0.5) is 0 Å². The van der Waals surface area contributed by atoms with Crippen LogP contribution < -0.4 is 20.5 Å². The van der Waals surface area contributed by atoms with Crippen molar-refractivity contribution in [1.82, 2.24) is 0 Å². The van der Waals surface area contributed by atoms with Gasteiger partial charge in [0, 0.05) is 9.40 Å². The maximum atomic E-state index is 2.55. The highest BCUT2D eigenvalue weighted by Crippen LogP contribution is 2.40. The second kappa shape index (κ2) is 14.3. The zero-order valence-electron chi connectivity index (χ0n) is 26.7. The lowest BCUT2D eigenvalue weighted by molar-refractivity contribution is 0.700. The van der Waals surface area contributed by atoms with Crippen LogP contribution in [-0.4, -0.2) is 13.4 Å². The molecule has 0 saturated heterocycles. The highest BCUT2D eigenvalue weighted by Gasteiger charge is 2.27. The molecule has 0 aliphatic rings. The Kier molecular flexibility index (Phi) is 9.77. The highest BCUT2D eigenvalue weighted by atomic mass is 32.1. The van der Waals surface area contributed by atoms with E-state index in [-0.39, 0.29) is 0 Å². The summed E-state index contributed by atoms with van der Waals surface area (Å²) in [6, 6.07) is 36.9. The number of fused-ring (bicyclic) bond motifs is 5. The topological polar surface area (TPSA) is 0 Å². The van der Waals surface area contributed by atoms with Gasteiger partial charge in [0.05, 0.1) is 9.40 Å². The molecule has 0 amide bonds. The van der Waals surface area contributed by atoms with Crippen LogP contribution in [0.25, 0.3) is 40.3 Å². The molecular weight excluding hydrogens is 598 g/mol.